The smallest absolute Gasteiger partial charge is 0.250 e. The summed E-state index contributed by atoms with van der Waals surface area (Å²) in [5.41, 5.74) is 2.08. The molecule has 0 spiro atoms. The van der Waals surface area contributed by atoms with Gasteiger partial charge in [-0.2, -0.15) is 5.90 Å². The second kappa shape index (κ2) is 8.81. The summed E-state index contributed by atoms with van der Waals surface area (Å²) in [7, 11) is -3.70. The number of hydrogen-bond acceptors (Lipinski definition) is 8. The molecule has 1 aromatic carbocycles. The maximum Gasteiger partial charge on any atom is 0.250 e. The average Bonchev–Trinajstić information content (AvgIpc) is 3.22. The molecule has 2 bridgehead atoms. The summed E-state index contributed by atoms with van der Waals surface area (Å²) in [5.74, 6) is 5.03. The Labute approximate surface area is 183 Å². The minimum atomic E-state index is -3.70. The predicted molar refractivity (Wildman–Crippen MR) is 112 cm³/mol. The van der Waals surface area contributed by atoms with Crippen LogP contribution in [0.3, 0.4) is 0 Å². The summed E-state index contributed by atoms with van der Waals surface area (Å²) in [6.07, 6.45) is 3.29. The second-order valence-corrected chi connectivity index (χ2v) is 11.6. The van der Waals surface area contributed by atoms with Crippen molar-refractivity contribution >= 4 is 45.3 Å². The minimum absolute atomic E-state index is 0.170. The van der Waals surface area contributed by atoms with Crippen LogP contribution in [0.1, 0.15) is 24.0 Å². The van der Waals surface area contributed by atoms with E-state index in [9.17, 15) is 8.42 Å². The number of rotatable bonds is 8. The highest BCUT2D eigenvalue weighted by Crippen LogP contribution is 2.50. The van der Waals surface area contributed by atoms with E-state index in [0.717, 1.165) is 30.6 Å². The molecule has 3 N–H and O–H groups in total. The van der Waals surface area contributed by atoms with Gasteiger partial charge in [0.1, 0.15) is 4.21 Å². The van der Waals surface area contributed by atoms with Gasteiger partial charge in [-0.1, -0.05) is 35.9 Å². The zero-order valence-corrected chi connectivity index (χ0v) is 18.6. The lowest BCUT2D eigenvalue weighted by molar-refractivity contribution is -0.201. The first kappa shape index (κ1) is 21.5. The maximum atomic E-state index is 13.1. The van der Waals surface area contributed by atoms with Crippen molar-refractivity contribution in [2.45, 2.75) is 35.9 Å². The molecular weight excluding hydrogens is 456 g/mol. The van der Waals surface area contributed by atoms with Gasteiger partial charge in [0.25, 0.3) is 0 Å². The molecule has 11 heteroatoms. The Kier molecular flexibility index (Phi) is 6.55. The third-order valence-corrected chi connectivity index (χ3v) is 9.36. The van der Waals surface area contributed by atoms with Gasteiger partial charge >= 0.3 is 0 Å². The Bertz CT molecular complexity index is 970. The summed E-state index contributed by atoms with van der Waals surface area (Å²) < 4.78 is 39.9. The molecule has 7 nitrogen and oxygen atoms in total. The molecule has 2 aromatic rings. The third-order valence-electron chi connectivity index (χ3n) is 5.84. The van der Waals surface area contributed by atoms with Gasteiger partial charge in [-0.25, -0.2) is 13.1 Å². The molecule has 2 aliphatic rings. The normalized spacial score (nSPS) is 26.3. The largest absolute Gasteiger partial charge is 0.289 e. The molecule has 0 aliphatic heterocycles. The summed E-state index contributed by atoms with van der Waals surface area (Å²) in [5, 5.41) is 0. The molecule has 29 heavy (non-hydrogen) atoms. The Morgan fingerprint density at radius 2 is 2.07 bits per heavy atom. The van der Waals surface area contributed by atoms with E-state index < -0.39 is 15.4 Å². The van der Waals surface area contributed by atoms with Gasteiger partial charge in [0.2, 0.25) is 10.0 Å². The number of benzene rings is 1. The molecule has 0 amide bonds. The standard InChI is InChI=1S/C18H21ClN2O5S3/c19-15-5-6-16(27-15)29(22,23)21-17-13-7-8-18(17,11-24-28-26-25-20)10-14-4-2-1-3-12(14)9-13/h1-6,13,17,21H,7-11,20H2. The van der Waals surface area contributed by atoms with Gasteiger partial charge in [-0.05, 0) is 54.9 Å². The lowest BCUT2D eigenvalue weighted by Crippen LogP contribution is -2.50. The molecule has 4 rings (SSSR count). The van der Waals surface area contributed by atoms with E-state index >= 15 is 0 Å². The Morgan fingerprint density at radius 3 is 2.79 bits per heavy atom. The van der Waals surface area contributed by atoms with Crippen LogP contribution >= 0.6 is 35.3 Å². The van der Waals surface area contributed by atoms with Crippen molar-refractivity contribution in [2.75, 3.05) is 6.61 Å². The topological polar surface area (TPSA) is 99.9 Å². The van der Waals surface area contributed by atoms with Crippen LogP contribution in [0, 0.1) is 11.3 Å². The number of nitrogens with one attached hydrogen (secondary N) is 1. The summed E-state index contributed by atoms with van der Waals surface area (Å²) in [6.45, 7) is 0.296. The van der Waals surface area contributed by atoms with Gasteiger partial charge in [0.05, 0.1) is 10.9 Å². The third kappa shape index (κ3) is 4.51. The Morgan fingerprint density at radius 1 is 1.28 bits per heavy atom. The number of sulfonamides is 1. The van der Waals surface area contributed by atoms with Gasteiger partial charge in [-0.3, -0.25) is 4.18 Å². The lowest BCUT2D eigenvalue weighted by Gasteiger charge is -2.35. The van der Waals surface area contributed by atoms with Gasteiger partial charge in [0.15, 0.2) is 12.3 Å². The van der Waals surface area contributed by atoms with E-state index in [4.69, 9.17) is 21.7 Å². The van der Waals surface area contributed by atoms with Crippen LogP contribution in [0.15, 0.2) is 40.6 Å². The summed E-state index contributed by atoms with van der Waals surface area (Å²) >= 11 is 7.66. The highest BCUT2D eigenvalue weighted by Gasteiger charge is 2.52. The molecule has 1 fully saturated rings. The van der Waals surface area contributed by atoms with Crippen LogP contribution in [0.4, 0.5) is 0 Å². The van der Waals surface area contributed by atoms with Crippen LogP contribution in [-0.2, 0) is 36.4 Å². The highest BCUT2D eigenvalue weighted by atomic mass is 35.5. The zero-order chi connectivity index (χ0) is 20.5. The number of halogens is 1. The molecule has 3 atom stereocenters. The van der Waals surface area contributed by atoms with Crippen LogP contribution in [-0.4, -0.2) is 21.1 Å². The monoisotopic (exact) mass is 476 g/mol. The Hall–Kier alpha value is -0.690. The van der Waals surface area contributed by atoms with Crippen LogP contribution < -0.4 is 10.6 Å². The maximum absolute atomic E-state index is 13.1. The number of fused-ring (bicyclic) bond motifs is 3. The van der Waals surface area contributed by atoms with Crippen LogP contribution in [0.5, 0.6) is 0 Å². The molecule has 3 unspecified atom stereocenters. The fourth-order valence-corrected chi connectivity index (χ4v) is 7.84. The lowest BCUT2D eigenvalue weighted by atomic mass is 9.78. The molecule has 0 saturated heterocycles. The molecule has 1 aromatic heterocycles. The van der Waals surface area contributed by atoms with Crippen molar-refractivity contribution in [3.05, 3.63) is 51.9 Å². The van der Waals surface area contributed by atoms with Crippen molar-refractivity contribution in [3.63, 3.8) is 0 Å². The van der Waals surface area contributed by atoms with E-state index in [0.29, 0.717) is 29.7 Å². The highest BCUT2D eigenvalue weighted by molar-refractivity contribution is 7.91. The molecule has 1 heterocycles. The van der Waals surface area contributed by atoms with Crippen molar-refractivity contribution < 1.29 is 21.9 Å². The van der Waals surface area contributed by atoms with Crippen molar-refractivity contribution in [2.24, 2.45) is 17.2 Å². The molecule has 2 aliphatic carbocycles. The first-order valence-corrected chi connectivity index (χ1v) is 12.4. The quantitative estimate of drug-likeness (QED) is 0.259. The molecule has 158 valence electrons. The Balaban J connectivity index is 1.65. The van der Waals surface area contributed by atoms with Gasteiger partial charge < -0.3 is 0 Å². The first-order chi connectivity index (χ1) is 13.9. The molecule has 1 saturated carbocycles. The molecule has 0 radical (unpaired) electrons. The van der Waals surface area contributed by atoms with Crippen LogP contribution in [0.2, 0.25) is 4.34 Å². The van der Waals surface area contributed by atoms with E-state index in [-0.39, 0.29) is 16.2 Å². The summed E-state index contributed by atoms with van der Waals surface area (Å²) in [4.78, 5) is 4.07. The SMILES string of the molecule is NOOSOCC12CCC(Cc3ccccc3C1)C2NS(=O)(=O)c1ccc(Cl)s1. The van der Waals surface area contributed by atoms with Crippen molar-refractivity contribution in [1.29, 1.82) is 0 Å². The predicted octanol–water partition coefficient (Wildman–Crippen LogP) is 3.65. The van der Waals surface area contributed by atoms with Gasteiger partial charge in [-0.15, -0.1) is 20.7 Å². The number of thiophene rings is 1. The van der Waals surface area contributed by atoms with E-state index in [1.807, 2.05) is 12.1 Å². The second-order valence-electron chi connectivity index (χ2n) is 7.46. The fourth-order valence-electron chi connectivity index (χ4n) is 4.58. The van der Waals surface area contributed by atoms with E-state index in [1.54, 1.807) is 6.07 Å². The average molecular weight is 477 g/mol. The van der Waals surface area contributed by atoms with Crippen LogP contribution in [0.25, 0.3) is 0 Å². The minimum Gasteiger partial charge on any atom is -0.289 e. The fraction of sp³-hybridized carbons (Fsp3) is 0.444. The zero-order valence-electron chi connectivity index (χ0n) is 15.4. The summed E-state index contributed by atoms with van der Waals surface area (Å²) in [6, 6.07) is 11.1. The first-order valence-electron chi connectivity index (χ1n) is 9.10. The number of nitrogens with two attached hydrogens (primary N) is 1. The number of hydrogen-bond donors (Lipinski definition) is 2. The van der Waals surface area contributed by atoms with Gasteiger partial charge in [0, 0.05) is 11.5 Å². The van der Waals surface area contributed by atoms with Crippen molar-refractivity contribution in [1.82, 2.24) is 4.72 Å². The van der Waals surface area contributed by atoms with E-state index in [2.05, 4.69) is 26.2 Å². The van der Waals surface area contributed by atoms with Crippen molar-refractivity contribution in [3.8, 4) is 0 Å². The molecular formula is C18H21ClN2O5S3. The van der Waals surface area contributed by atoms with E-state index in [1.165, 1.54) is 17.2 Å².